The van der Waals surface area contributed by atoms with Crippen LogP contribution in [0.1, 0.15) is 30.4 Å². The molecule has 0 bridgehead atoms. The number of rotatable bonds is 3. The molecular weight excluding hydrogens is 359 g/mol. The van der Waals surface area contributed by atoms with Gasteiger partial charge in [0, 0.05) is 35.6 Å². The fourth-order valence-electron chi connectivity index (χ4n) is 3.93. The minimum atomic E-state index is -0.234. The van der Waals surface area contributed by atoms with Crippen molar-refractivity contribution in [1.29, 1.82) is 0 Å². The molecule has 1 aromatic carbocycles. The van der Waals surface area contributed by atoms with Crippen molar-refractivity contribution in [1.82, 2.24) is 14.5 Å². The summed E-state index contributed by atoms with van der Waals surface area (Å²) in [4.78, 5) is 12.0. The zero-order valence-corrected chi connectivity index (χ0v) is 15.7. The maximum Gasteiger partial charge on any atom is 0.160 e. The SMILES string of the molecule is CC1CN2C(=NC(c3ccccn3)C2c2cccn2-c2cccc(F)c2)S1. The van der Waals surface area contributed by atoms with E-state index in [9.17, 15) is 4.39 Å². The zero-order valence-electron chi connectivity index (χ0n) is 14.9. The second-order valence-corrected chi connectivity index (χ2v) is 8.33. The Morgan fingerprint density at radius 1 is 1.11 bits per heavy atom. The van der Waals surface area contributed by atoms with Gasteiger partial charge in [-0.2, -0.15) is 0 Å². The number of benzene rings is 1. The molecule has 27 heavy (non-hydrogen) atoms. The molecule has 6 heteroatoms. The Morgan fingerprint density at radius 2 is 2.04 bits per heavy atom. The van der Waals surface area contributed by atoms with E-state index < -0.39 is 0 Å². The van der Waals surface area contributed by atoms with Crippen molar-refractivity contribution >= 4 is 16.9 Å². The normalized spacial score (nSPS) is 24.1. The number of hydrogen-bond donors (Lipinski definition) is 0. The number of amidine groups is 1. The highest BCUT2D eigenvalue weighted by Crippen LogP contribution is 2.47. The van der Waals surface area contributed by atoms with Gasteiger partial charge in [0.2, 0.25) is 0 Å². The van der Waals surface area contributed by atoms with Gasteiger partial charge in [-0.3, -0.25) is 9.98 Å². The highest BCUT2D eigenvalue weighted by atomic mass is 32.2. The largest absolute Gasteiger partial charge is 0.339 e. The average Bonchev–Trinajstić information content (AvgIpc) is 3.36. The first-order valence-electron chi connectivity index (χ1n) is 9.06. The monoisotopic (exact) mass is 378 g/mol. The van der Waals surface area contributed by atoms with Gasteiger partial charge in [0.15, 0.2) is 5.17 Å². The molecule has 1 fully saturated rings. The van der Waals surface area contributed by atoms with Gasteiger partial charge in [0.05, 0.1) is 11.7 Å². The molecule has 0 N–H and O–H groups in total. The molecule has 4 heterocycles. The van der Waals surface area contributed by atoms with Crippen LogP contribution in [-0.2, 0) is 0 Å². The minimum absolute atomic E-state index is 0.0469. The van der Waals surface area contributed by atoms with Gasteiger partial charge < -0.3 is 9.47 Å². The second-order valence-electron chi connectivity index (χ2n) is 6.92. The van der Waals surface area contributed by atoms with E-state index >= 15 is 0 Å². The summed E-state index contributed by atoms with van der Waals surface area (Å²) in [5.74, 6) is -0.234. The average molecular weight is 378 g/mol. The Morgan fingerprint density at radius 3 is 2.85 bits per heavy atom. The van der Waals surface area contributed by atoms with Gasteiger partial charge in [-0.1, -0.05) is 30.8 Å². The van der Waals surface area contributed by atoms with Crippen molar-refractivity contribution in [2.24, 2.45) is 4.99 Å². The molecule has 0 amide bonds. The Bertz CT molecular complexity index is 1000. The molecule has 3 unspecified atom stereocenters. The molecule has 3 aromatic rings. The molecule has 0 radical (unpaired) electrons. The predicted molar refractivity (Wildman–Crippen MR) is 107 cm³/mol. The number of fused-ring (bicyclic) bond motifs is 1. The molecule has 2 aliphatic rings. The number of thioether (sulfide) groups is 1. The van der Waals surface area contributed by atoms with E-state index in [0.717, 1.165) is 28.8 Å². The third-order valence-electron chi connectivity index (χ3n) is 5.05. The van der Waals surface area contributed by atoms with Gasteiger partial charge in [0.1, 0.15) is 11.9 Å². The van der Waals surface area contributed by atoms with Crippen molar-refractivity contribution < 1.29 is 4.39 Å². The van der Waals surface area contributed by atoms with Crippen molar-refractivity contribution in [3.63, 3.8) is 0 Å². The number of aromatic nitrogens is 2. The van der Waals surface area contributed by atoms with E-state index in [1.54, 1.807) is 12.1 Å². The molecule has 2 aliphatic heterocycles. The Balaban J connectivity index is 1.62. The lowest BCUT2D eigenvalue weighted by Crippen LogP contribution is -2.30. The van der Waals surface area contributed by atoms with Crippen LogP contribution in [0.3, 0.4) is 0 Å². The number of aliphatic imine (C=N–C) groups is 1. The summed E-state index contributed by atoms with van der Waals surface area (Å²) < 4.78 is 15.9. The molecule has 1 saturated heterocycles. The first kappa shape index (κ1) is 16.6. The van der Waals surface area contributed by atoms with Crippen molar-refractivity contribution in [3.05, 3.63) is 84.2 Å². The van der Waals surface area contributed by atoms with E-state index in [2.05, 4.69) is 27.4 Å². The number of pyridine rings is 1. The maximum absolute atomic E-state index is 13.8. The number of hydrogen-bond acceptors (Lipinski definition) is 4. The molecule has 3 atom stereocenters. The number of halogens is 1. The Hall–Kier alpha value is -2.60. The van der Waals surface area contributed by atoms with Crippen LogP contribution in [-0.4, -0.2) is 31.4 Å². The van der Waals surface area contributed by atoms with Crippen LogP contribution >= 0.6 is 11.8 Å². The van der Waals surface area contributed by atoms with Crippen molar-refractivity contribution in [2.45, 2.75) is 24.3 Å². The first-order valence-corrected chi connectivity index (χ1v) is 9.94. The van der Waals surface area contributed by atoms with Crippen molar-refractivity contribution in [3.8, 4) is 5.69 Å². The summed E-state index contributed by atoms with van der Waals surface area (Å²) in [6.07, 6.45) is 3.81. The molecule has 4 nitrogen and oxygen atoms in total. The lowest BCUT2D eigenvalue weighted by Gasteiger charge is -2.28. The van der Waals surface area contributed by atoms with E-state index in [1.165, 1.54) is 6.07 Å². The van der Waals surface area contributed by atoms with Crippen LogP contribution in [0.15, 0.2) is 72.0 Å². The van der Waals surface area contributed by atoms with E-state index in [4.69, 9.17) is 4.99 Å². The van der Waals surface area contributed by atoms with E-state index in [-0.39, 0.29) is 17.9 Å². The van der Waals surface area contributed by atoms with Crippen molar-refractivity contribution in [2.75, 3.05) is 6.54 Å². The maximum atomic E-state index is 13.8. The quantitative estimate of drug-likeness (QED) is 0.668. The van der Waals surface area contributed by atoms with Crippen LogP contribution in [0, 0.1) is 5.82 Å². The summed E-state index contributed by atoms with van der Waals surface area (Å²) >= 11 is 1.82. The highest BCUT2D eigenvalue weighted by molar-refractivity contribution is 8.14. The van der Waals surface area contributed by atoms with Crippen LogP contribution in [0.25, 0.3) is 5.69 Å². The second kappa shape index (κ2) is 6.53. The predicted octanol–water partition coefficient (Wildman–Crippen LogP) is 4.60. The Labute approximate surface area is 161 Å². The van der Waals surface area contributed by atoms with Crippen LogP contribution < -0.4 is 0 Å². The molecular formula is C21H19FN4S. The highest BCUT2D eigenvalue weighted by Gasteiger charge is 2.44. The smallest absolute Gasteiger partial charge is 0.160 e. The molecule has 136 valence electrons. The fraction of sp³-hybridized carbons (Fsp3) is 0.238. The first-order chi connectivity index (χ1) is 13.2. The van der Waals surface area contributed by atoms with E-state index in [0.29, 0.717) is 5.25 Å². The fourth-order valence-corrected chi connectivity index (χ4v) is 5.03. The number of nitrogens with zero attached hydrogens (tertiary/aromatic N) is 4. The lowest BCUT2D eigenvalue weighted by molar-refractivity contribution is 0.312. The molecule has 0 saturated carbocycles. The topological polar surface area (TPSA) is 33.4 Å². The minimum Gasteiger partial charge on any atom is -0.339 e. The van der Waals surface area contributed by atoms with E-state index in [1.807, 2.05) is 54.5 Å². The third kappa shape index (κ3) is 2.84. The Kier molecular flexibility index (Phi) is 4.01. The van der Waals surface area contributed by atoms with Gasteiger partial charge in [-0.15, -0.1) is 0 Å². The molecule has 0 spiro atoms. The summed E-state index contributed by atoms with van der Waals surface area (Å²) in [5.41, 5.74) is 2.89. The van der Waals surface area contributed by atoms with Crippen LogP contribution in [0.4, 0.5) is 4.39 Å². The third-order valence-corrected chi connectivity index (χ3v) is 6.15. The standard InChI is InChI=1S/C21H19FN4S/c1-14-13-26-20(19(24-21(26)27-14)17-8-2-3-10-23-17)18-9-5-11-25(18)16-7-4-6-15(22)12-16/h2-12,14,19-20H,13H2,1H3. The van der Waals surface area contributed by atoms with Crippen LogP contribution in [0.2, 0.25) is 0 Å². The van der Waals surface area contributed by atoms with Crippen LogP contribution in [0.5, 0.6) is 0 Å². The molecule has 5 rings (SSSR count). The summed E-state index contributed by atoms with van der Waals surface area (Å²) in [6.45, 7) is 3.18. The van der Waals surface area contributed by atoms with Gasteiger partial charge in [-0.05, 0) is 42.5 Å². The summed E-state index contributed by atoms with van der Waals surface area (Å²) in [6, 6.07) is 16.8. The summed E-state index contributed by atoms with van der Waals surface area (Å²) in [7, 11) is 0. The molecule has 2 aromatic heterocycles. The zero-order chi connectivity index (χ0) is 18.4. The van der Waals surface area contributed by atoms with Gasteiger partial charge in [0.25, 0.3) is 0 Å². The summed E-state index contributed by atoms with van der Waals surface area (Å²) in [5, 5.41) is 1.59. The molecule has 0 aliphatic carbocycles. The van der Waals surface area contributed by atoms with Gasteiger partial charge in [-0.25, -0.2) is 4.39 Å². The lowest BCUT2D eigenvalue weighted by atomic mass is 10.0. The van der Waals surface area contributed by atoms with Gasteiger partial charge >= 0.3 is 0 Å².